The summed E-state index contributed by atoms with van der Waals surface area (Å²) in [5.74, 6) is -2.26. The molecule has 4 N–H and O–H groups in total. The second-order valence-electron chi connectivity index (χ2n) is 9.17. The van der Waals surface area contributed by atoms with Crippen LogP contribution in [0.15, 0.2) is 54.7 Å². The molecule has 1 aliphatic heterocycles. The number of likely N-dealkylation sites (tertiary alicyclic amines) is 1. The van der Waals surface area contributed by atoms with Gasteiger partial charge in [-0.15, -0.1) is 11.3 Å². The summed E-state index contributed by atoms with van der Waals surface area (Å²) in [6, 6.07) is 16.8. The highest BCUT2D eigenvalue weighted by Gasteiger charge is 2.28. The standard InChI is InChI=1S/C25H27ClN2O2S.C2H2O4/c1-16-11-17(25-13-18-12-19(26)5-6-24(18)31-25)8-10-28(16)14-20(29)15-30-23-4-2-3-22-21(23)7-9-27-22;3-1(4)2(5)6/h2-7,9,12-13,16-17,20,27,29H,8,10-11,14-15H2,1H3;(H,3,4)(H,5,6)/t16-,17+,20-;/m0./s1. The normalized spacial score (nSPS) is 18.8. The fraction of sp³-hybridized carbons (Fsp3) is 0.333. The lowest BCUT2D eigenvalue weighted by atomic mass is 9.90. The van der Waals surface area contributed by atoms with Crippen molar-refractivity contribution >= 4 is 55.9 Å². The van der Waals surface area contributed by atoms with Gasteiger partial charge in [0.25, 0.3) is 0 Å². The number of aromatic amines is 1. The van der Waals surface area contributed by atoms with Crippen LogP contribution < -0.4 is 4.74 Å². The molecular weight excluding hydrogens is 516 g/mol. The molecule has 10 heteroatoms. The first-order valence-electron chi connectivity index (χ1n) is 12.0. The van der Waals surface area contributed by atoms with Gasteiger partial charge < -0.3 is 25.0 Å². The lowest BCUT2D eigenvalue weighted by molar-refractivity contribution is -0.159. The third kappa shape index (κ3) is 6.81. The minimum absolute atomic E-state index is 0.300. The Labute approximate surface area is 223 Å². The quantitative estimate of drug-likeness (QED) is 0.246. The third-order valence-electron chi connectivity index (χ3n) is 6.53. The number of carboxylic acids is 2. The van der Waals surface area contributed by atoms with E-state index in [0.29, 0.717) is 25.1 Å². The van der Waals surface area contributed by atoms with E-state index in [9.17, 15) is 5.11 Å². The number of β-amino-alcohol motifs (C(OH)–C–C–N with tert-alkyl or cyclic N) is 1. The first-order chi connectivity index (χ1) is 17.7. The number of carboxylic acid groups (broad SMARTS) is 2. The molecule has 1 saturated heterocycles. The zero-order valence-corrected chi connectivity index (χ0v) is 21.8. The number of hydrogen-bond acceptors (Lipinski definition) is 6. The number of aliphatic carboxylic acids is 2. The van der Waals surface area contributed by atoms with E-state index in [2.05, 4.69) is 35.0 Å². The molecule has 3 heterocycles. The zero-order valence-electron chi connectivity index (χ0n) is 20.3. The molecule has 0 bridgehead atoms. The predicted molar refractivity (Wildman–Crippen MR) is 145 cm³/mol. The summed E-state index contributed by atoms with van der Waals surface area (Å²) in [7, 11) is 0. The number of hydrogen-bond donors (Lipinski definition) is 4. The van der Waals surface area contributed by atoms with Crippen molar-refractivity contribution in [2.24, 2.45) is 0 Å². The minimum atomic E-state index is -1.82. The van der Waals surface area contributed by atoms with Crippen molar-refractivity contribution in [3.63, 3.8) is 0 Å². The SMILES string of the molecule is C[C@H]1C[C@H](c2cc3cc(Cl)ccc3s2)CCN1C[C@H](O)COc1cccc2[nH]ccc12.O=C(O)C(=O)O. The molecule has 2 aromatic carbocycles. The Bertz CT molecular complexity index is 1370. The monoisotopic (exact) mass is 544 g/mol. The predicted octanol–water partition coefficient (Wildman–Crippen LogP) is 5.20. The highest BCUT2D eigenvalue weighted by molar-refractivity contribution is 7.19. The zero-order chi connectivity index (χ0) is 26.5. The maximum absolute atomic E-state index is 10.6. The van der Waals surface area contributed by atoms with Gasteiger partial charge in [0.15, 0.2) is 0 Å². The van der Waals surface area contributed by atoms with Crippen molar-refractivity contribution in [1.82, 2.24) is 9.88 Å². The molecule has 0 saturated carbocycles. The van der Waals surface area contributed by atoms with E-state index < -0.39 is 18.0 Å². The van der Waals surface area contributed by atoms with Crippen molar-refractivity contribution < 1.29 is 29.6 Å². The average molecular weight is 545 g/mol. The van der Waals surface area contributed by atoms with Crippen LogP contribution >= 0.6 is 22.9 Å². The Morgan fingerprint density at radius 1 is 1.19 bits per heavy atom. The van der Waals surface area contributed by atoms with Crippen LogP contribution in [0.2, 0.25) is 5.02 Å². The summed E-state index contributed by atoms with van der Waals surface area (Å²) in [5, 5.41) is 28.5. The first-order valence-corrected chi connectivity index (χ1v) is 13.2. The summed E-state index contributed by atoms with van der Waals surface area (Å²) >= 11 is 8.04. The van der Waals surface area contributed by atoms with E-state index in [4.69, 9.17) is 36.1 Å². The van der Waals surface area contributed by atoms with E-state index in [1.807, 2.05) is 47.9 Å². The topological polar surface area (TPSA) is 123 Å². The minimum Gasteiger partial charge on any atom is -0.490 e. The number of nitrogens with zero attached hydrogens (tertiary/aromatic N) is 1. The molecule has 0 spiro atoms. The number of thiophene rings is 1. The van der Waals surface area contributed by atoms with Crippen LogP contribution in [0.5, 0.6) is 5.75 Å². The number of aliphatic hydroxyl groups is 1. The molecule has 0 unspecified atom stereocenters. The fourth-order valence-corrected chi connectivity index (χ4v) is 6.05. The van der Waals surface area contributed by atoms with Gasteiger partial charge in [-0.2, -0.15) is 0 Å². The number of aliphatic hydroxyl groups excluding tert-OH is 1. The molecular formula is C27H29ClN2O6S. The van der Waals surface area contributed by atoms with Crippen molar-refractivity contribution in [1.29, 1.82) is 0 Å². The Morgan fingerprint density at radius 3 is 2.70 bits per heavy atom. The molecule has 5 rings (SSSR count). The molecule has 196 valence electrons. The lowest BCUT2D eigenvalue weighted by Crippen LogP contribution is -2.45. The number of rotatable bonds is 6. The van der Waals surface area contributed by atoms with Gasteiger partial charge in [0.1, 0.15) is 18.5 Å². The number of benzene rings is 2. The Hall–Kier alpha value is -3.11. The highest BCUT2D eigenvalue weighted by Crippen LogP contribution is 2.39. The largest absolute Gasteiger partial charge is 0.490 e. The third-order valence-corrected chi connectivity index (χ3v) is 8.04. The van der Waals surface area contributed by atoms with E-state index in [-0.39, 0.29) is 0 Å². The van der Waals surface area contributed by atoms with E-state index >= 15 is 0 Å². The van der Waals surface area contributed by atoms with E-state index in [1.165, 1.54) is 15.0 Å². The molecule has 2 aromatic heterocycles. The maximum atomic E-state index is 10.6. The maximum Gasteiger partial charge on any atom is 0.414 e. The molecule has 0 amide bonds. The van der Waals surface area contributed by atoms with Gasteiger partial charge in [-0.3, -0.25) is 4.90 Å². The van der Waals surface area contributed by atoms with E-state index in [0.717, 1.165) is 41.1 Å². The second-order valence-corrected chi connectivity index (χ2v) is 10.7. The van der Waals surface area contributed by atoms with Gasteiger partial charge in [0.2, 0.25) is 0 Å². The van der Waals surface area contributed by atoms with Crippen LogP contribution in [-0.2, 0) is 9.59 Å². The number of piperidine rings is 1. The molecule has 0 radical (unpaired) electrons. The Kier molecular flexibility index (Phi) is 8.71. The summed E-state index contributed by atoms with van der Waals surface area (Å²) < 4.78 is 7.25. The van der Waals surface area contributed by atoms with Crippen molar-refractivity contribution in [3.05, 3.63) is 64.6 Å². The number of nitrogens with one attached hydrogen (secondary N) is 1. The summed E-state index contributed by atoms with van der Waals surface area (Å²) in [6.45, 7) is 4.20. The highest BCUT2D eigenvalue weighted by atomic mass is 35.5. The van der Waals surface area contributed by atoms with Crippen LogP contribution in [-0.4, -0.2) is 69.0 Å². The van der Waals surface area contributed by atoms with Crippen molar-refractivity contribution in [2.75, 3.05) is 19.7 Å². The molecule has 0 aliphatic carbocycles. The van der Waals surface area contributed by atoms with Crippen LogP contribution in [0.3, 0.4) is 0 Å². The number of halogens is 1. The Morgan fingerprint density at radius 2 is 1.97 bits per heavy atom. The average Bonchev–Trinajstić information content (AvgIpc) is 3.51. The van der Waals surface area contributed by atoms with Gasteiger partial charge in [-0.1, -0.05) is 17.7 Å². The summed E-state index contributed by atoms with van der Waals surface area (Å²) in [6.07, 6.45) is 3.61. The number of fused-ring (bicyclic) bond motifs is 2. The van der Waals surface area contributed by atoms with Crippen LogP contribution in [0.4, 0.5) is 0 Å². The van der Waals surface area contributed by atoms with Crippen LogP contribution in [0.1, 0.15) is 30.6 Å². The number of H-pyrrole nitrogens is 1. The number of aromatic nitrogens is 1. The van der Waals surface area contributed by atoms with Crippen LogP contribution in [0.25, 0.3) is 21.0 Å². The molecule has 3 atom stereocenters. The Balaban J connectivity index is 0.000000480. The number of ether oxygens (including phenoxy) is 1. The van der Waals surface area contributed by atoms with Gasteiger partial charge in [0.05, 0.1) is 0 Å². The second kappa shape index (κ2) is 12.0. The van der Waals surface area contributed by atoms with Gasteiger partial charge in [-0.25, -0.2) is 9.59 Å². The van der Waals surface area contributed by atoms with Crippen molar-refractivity contribution in [3.8, 4) is 5.75 Å². The summed E-state index contributed by atoms with van der Waals surface area (Å²) in [4.78, 5) is 25.2. The smallest absolute Gasteiger partial charge is 0.414 e. The number of carbonyl (C=O) groups is 2. The first kappa shape index (κ1) is 26.9. The fourth-order valence-electron chi connectivity index (χ4n) is 4.68. The van der Waals surface area contributed by atoms with Gasteiger partial charge in [0, 0.05) is 44.3 Å². The van der Waals surface area contributed by atoms with Gasteiger partial charge in [-0.05, 0) is 80.1 Å². The molecule has 1 aliphatic rings. The lowest BCUT2D eigenvalue weighted by Gasteiger charge is -2.38. The molecule has 37 heavy (non-hydrogen) atoms. The summed E-state index contributed by atoms with van der Waals surface area (Å²) in [5.41, 5.74) is 1.05. The molecule has 1 fully saturated rings. The van der Waals surface area contributed by atoms with Gasteiger partial charge >= 0.3 is 11.9 Å². The molecule has 4 aromatic rings. The van der Waals surface area contributed by atoms with Crippen LogP contribution in [0, 0.1) is 0 Å². The van der Waals surface area contributed by atoms with Crippen molar-refractivity contribution in [2.45, 2.75) is 37.8 Å². The molecule has 8 nitrogen and oxygen atoms in total. The van der Waals surface area contributed by atoms with E-state index in [1.54, 1.807) is 0 Å².